The number of nitrogens with two attached hydrogens (primary N) is 1. The minimum absolute atomic E-state index is 0.307. The average Bonchev–Trinajstić information content (AvgIpc) is 2.34. The van der Waals surface area contributed by atoms with Crippen LogP contribution in [0.25, 0.3) is 0 Å². The second-order valence-electron chi connectivity index (χ2n) is 3.75. The van der Waals surface area contributed by atoms with Gasteiger partial charge in [-0.1, -0.05) is 12.1 Å². The summed E-state index contributed by atoms with van der Waals surface area (Å²) in [5, 5.41) is 0. The second-order valence-corrected chi connectivity index (χ2v) is 3.75. The first kappa shape index (κ1) is 11.6. The van der Waals surface area contributed by atoms with Crippen LogP contribution in [0.15, 0.2) is 36.8 Å². The molecule has 0 radical (unpaired) electrons. The van der Waals surface area contributed by atoms with E-state index < -0.39 is 6.04 Å². The summed E-state index contributed by atoms with van der Waals surface area (Å²) in [5.41, 5.74) is 4.45. The largest absolute Gasteiger partial charge is 0.271 e. The molecule has 0 amide bonds. The van der Waals surface area contributed by atoms with E-state index in [2.05, 4.69) is 15.4 Å². The maximum Gasteiger partial charge on any atom is 0.128 e. The van der Waals surface area contributed by atoms with Gasteiger partial charge in [-0.2, -0.15) is 0 Å². The second kappa shape index (κ2) is 4.99. The Morgan fingerprint density at radius 2 is 2.18 bits per heavy atom. The summed E-state index contributed by atoms with van der Waals surface area (Å²) < 4.78 is 13.8. The normalized spacial score (nSPS) is 12.4. The number of benzene rings is 1. The summed E-state index contributed by atoms with van der Waals surface area (Å²) in [7, 11) is 0. The summed E-state index contributed by atoms with van der Waals surface area (Å²) in [6.45, 7) is 1.83. The molecule has 88 valence electrons. The summed E-state index contributed by atoms with van der Waals surface area (Å²) in [4.78, 5) is 8.06. The van der Waals surface area contributed by atoms with E-state index in [4.69, 9.17) is 5.84 Å². The van der Waals surface area contributed by atoms with Gasteiger partial charge < -0.3 is 0 Å². The number of hydrogen-bond donors (Lipinski definition) is 2. The number of aryl methyl sites for hydroxylation is 1. The smallest absolute Gasteiger partial charge is 0.128 e. The highest BCUT2D eigenvalue weighted by molar-refractivity contribution is 5.30. The van der Waals surface area contributed by atoms with E-state index >= 15 is 0 Å². The van der Waals surface area contributed by atoms with Gasteiger partial charge in [-0.05, 0) is 18.6 Å². The Hall–Kier alpha value is -1.85. The highest BCUT2D eigenvalue weighted by atomic mass is 19.1. The predicted octanol–water partition coefficient (Wildman–Crippen LogP) is 1.48. The van der Waals surface area contributed by atoms with Crippen molar-refractivity contribution in [1.29, 1.82) is 0 Å². The first-order chi connectivity index (χ1) is 8.22. The molecular weight excluding hydrogens is 219 g/mol. The zero-order chi connectivity index (χ0) is 12.3. The van der Waals surface area contributed by atoms with Crippen LogP contribution in [-0.2, 0) is 0 Å². The van der Waals surface area contributed by atoms with Crippen molar-refractivity contribution in [2.24, 2.45) is 5.84 Å². The van der Waals surface area contributed by atoms with E-state index in [1.54, 1.807) is 24.7 Å². The quantitative estimate of drug-likeness (QED) is 0.621. The molecule has 1 aromatic heterocycles. The Morgan fingerprint density at radius 3 is 2.76 bits per heavy atom. The lowest BCUT2D eigenvalue weighted by Crippen LogP contribution is -2.30. The lowest BCUT2D eigenvalue weighted by molar-refractivity contribution is 0.551. The highest BCUT2D eigenvalue weighted by Crippen LogP contribution is 2.22. The first-order valence-corrected chi connectivity index (χ1v) is 5.20. The number of aromatic nitrogens is 2. The third kappa shape index (κ3) is 2.46. The number of hydrogen-bond acceptors (Lipinski definition) is 4. The summed E-state index contributed by atoms with van der Waals surface area (Å²) in [6, 6.07) is 4.50. The minimum atomic E-state index is -0.496. The fraction of sp³-hybridized carbons (Fsp3) is 0.167. The molecule has 1 unspecified atom stereocenters. The fourth-order valence-corrected chi connectivity index (χ4v) is 1.66. The molecule has 3 N–H and O–H groups in total. The molecule has 2 rings (SSSR count). The van der Waals surface area contributed by atoms with Gasteiger partial charge in [0.15, 0.2) is 0 Å². The number of halogens is 1. The molecule has 0 aliphatic heterocycles. The van der Waals surface area contributed by atoms with Crippen molar-refractivity contribution in [3.05, 3.63) is 59.4 Å². The van der Waals surface area contributed by atoms with Gasteiger partial charge in [0.25, 0.3) is 0 Å². The Morgan fingerprint density at radius 1 is 1.35 bits per heavy atom. The van der Waals surface area contributed by atoms with Crippen molar-refractivity contribution >= 4 is 0 Å². The Balaban J connectivity index is 2.42. The molecule has 1 heterocycles. The van der Waals surface area contributed by atoms with Gasteiger partial charge in [0, 0.05) is 18.0 Å². The Labute approximate surface area is 98.7 Å². The van der Waals surface area contributed by atoms with Gasteiger partial charge in [-0.25, -0.2) is 9.82 Å². The van der Waals surface area contributed by atoms with E-state index in [9.17, 15) is 4.39 Å². The SMILES string of the molecule is Cc1ccc(C(NN)c2cnccn2)c(F)c1. The van der Waals surface area contributed by atoms with E-state index in [0.717, 1.165) is 5.56 Å². The summed E-state index contributed by atoms with van der Waals surface area (Å²) >= 11 is 0. The van der Waals surface area contributed by atoms with Crippen LogP contribution in [0.2, 0.25) is 0 Å². The monoisotopic (exact) mass is 232 g/mol. The Kier molecular flexibility index (Phi) is 3.41. The molecule has 1 atom stereocenters. The maximum absolute atomic E-state index is 13.8. The number of nitrogens with zero attached hydrogens (tertiary/aromatic N) is 2. The molecule has 0 saturated heterocycles. The fourth-order valence-electron chi connectivity index (χ4n) is 1.66. The molecule has 0 spiro atoms. The van der Waals surface area contributed by atoms with Crippen LogP contribution in [0, 0.1) is 12.7 Å². The van der Waals surface area contributed by atoms with Gasteiger partial charge in [0.05, 0.1) is 17.9 Å². The van der Waals surface area contributed by atoms with Crippen LogP contribution >= 0.6 is 0 Å². The van der Waals surface area contributed by atoms with Crippen LogP contribution in [0.1, 0.15) is 22.9 Å². The molecule has 1 aromatic carbocycles. The van der Waals surface area contributed by atoms with E-state index in [1.807, 2.05) is 13.0 Å². The van der Waals surface area contributed by atoms with E-state index in [1.165, 1.54) is 6.07 Å². The van der Waals surface area contributed by atoms with Crippen molar-refractivity contribution in [2.45, 2.75) is 13.0 Å². The van der Waals surface area contributed by atoms with Crippen molar-refractivity contribution in [2.75, 3.05) is 0 Å². The third-order valence-corrected chi connectivity index (χ3v) is 2.51. The molecule has 2 aromatic rings. The van der Waals surface area contributed by atoms with Crippen LogP contribution in [0.5, 0.6) is 0 Å². The van der Waals surface area contributed by atoms with E-state index in [-0.39, 0.29) is 5.82 Å². The number of nitrogens with one attached hydrogen (secondary N) is 1. The van der Waals surface area contributed by atoms with Crippen molar-refractivity contribution in [1.82, 2.24) is 15.4 Å². The number of rotatable bonds is 3. The molecule has 4 nitrogen and oxygen atoms in total. The molecule has 0 bridgehead atoms. The van der Waals surface area contributed by atoms with Crippen LogP contribution in [-0.4, -0.2) is 9.97 Å². The highest BCUT2D eigenvalue weighted by Gasteiger charge is 2.17. The van der Waals surface area contributed by atoms with Crippen molar-refractivity contribution in [3.63, 3.8) is 0 Å². The molecule has 17 heavy (non-hydrogen) atoms. The first-order valence-electron chi connectivity index (χ1n) is 5.20. The minimum Gasteiger partial charge on any atom is -0.271 e. The molecule has 0 aliphatic rings. The predicted molar refractivity (Wildman–Crippen MR) is 62.3 cm³/mol. The molecule has 5 heteroatoms. The average molecular weight is 232 g/mol. The maximum atomic E-state index is 13.8. The van der Waals surface area contributed by atoms with Crippen molar-refractivity contribution < 1.29 is 4.39 Å². The van der Waals surface area contributed by atoms with Gasteiger partial charge in [0.1, 0.15) is 5.82 Å². The zero-order valence-electron chi connectivity index (χ0n) is 9.39. The lowest BCUT2D eigenvalue weighted by atomic mass is 10.0. The van der Waals surface area contributed by atoms with E-state index in [0.29, 0.717) is 11.3 Å². The topological polar surface area (TPSA) is 63.8 Å². The standard InChI is InChI=1S/C12H13FN4/c1-8-2-3-9(10(13)6-8)12(17-14)11-7-15-4-5-16-11/h2-7,12,17H,14H2,1H3. The molecule has 0 fully saturated rings. The van der Waals surface area contributed by atoms with Crippen molar-refractivity contribution in [3.8, 4) is 0 Å². The van der Waals surface area contributed by atoms with Gasteiger partial charge in [-0.3, -0.25) is 15.8 Å². The molecular formula is C12H13FN4. The lowest BCUT2D eigenvalue weighted by Gasteiger charge is -2.16. The summed E-state index contributed by atoms with van der Waals surface area (Å²) in [5.74, 6) is 5.15. The molecule has 0 aliphatic carbocycles. The van der Waals surface area contributed by atoms with Gasteiger partial charge in [0.2, 0.25) is 0 Å². The number of hydrazine groups is 1. The summed E-state index contributed by atoms with van der Waals surface area (Å²) in [6.07, 6.45) is 4.66. The van der Waals surface area contributed by atoms with Crippen LogP contribution < -0.4 is 11.3 Å². The van der Waals surface area contributed by atoms with Gasteiger partial charge >= 0.3 is 0 Å². The Bertz CT molecular complexity index is 501. The van der Waals surface area contributed by atoms with Crippen LogP contribution in [0.3, 0.4) is 0 Å². The molecule has 0 saturated carbocycles. The van der Waals surface area contributed by atoms with Gasteiger partial charge in [-0.15, -0.1) is 0 Å². The zero-order valence-corrected chi connectivity index (χ0v) is 9.39. The third-order valence-electron chi connectivity index (χ3n) is 2.51. The van der Waals surface area contributed by atoms with Crippen LogP contribution in [0.4, 0.5) is 4.39 Å².